The zero-order valence-electron chi connectivity index (χ0n) is 19.0. The standard InChI is InChI=1S/C25H27N5O2/c1-6-21(24(31)26-20-14-15(2)12-13-16(20)3)30-25(32)22-18(5)29(19-10-8-7-9-11-19)28-23(22)17(4)27-30/h7-14,21H,6H2,1-5H3,(H,26,31). The Balaban J connectivity index is 1.80. The molecule has 0 saturated heterocycles. The fourth-order valence-electron chi connectivity index (χ4n) is 3.97. The van der Waals surface area contributed by atoms with Crippen molar-refractivity contribution in [2.24, 2.45) is 0 Å². The molecule has 0 aliphatic carbocycles. The molecule has 1 atom stereocenters. The second kappa shape index (κ2) is 8.42. The number of carbonyl (C=O) groups is 1. The van der Waals surface area contributed by atoms with E-state index in [-0.39, 0.29) is 11.5 Å². The number of nitrogens with one attached hydrogen (secondary N) is 1. The SMILES string of the molecule is CCC(C(=O)Nc1cc(C)ccc1C)n1nc(C)c2nn(-c3ccccc3)c(C)c2c1=O. The van der Waals surface area contributed by atoms with Crippen molar-refractivity contribution in [1.29, 1.82) is 0 Å². The highest BCUT2D eigenvalue weighted by Crippen LogP contribution is 2.23. The molecule has 1 N–H and O–H groups in total. The van der Waals surface area contributed by atoms with Crippen molar-refractivity contribution in [2.75, 3.05) is 5.32 Å². The van der Waals surface area contributed by atoms with Crippen LogP contribution in [0.2, 0.25) is 0 Å². The fraction of sp³-hybridized carbons (Fsp3) is 0.280. The second-order valence-electron chi connectivity index (χ2n) is 8.12. The van der Waals surface area contributed by atoms with Gasteiger partial charge in [0, 0.05) is 5.69 Å². The highest BCUT2D eigenvalue weighted by atomic mass is 16.2. The highest BCUT2D eigenvalue weighted by molar-refractivity contribution is 5.94. The minimum Gasteiger partial charge on any atom is -0.324 e. The zero-order valence-corrected chi connectivity index (χ0v) is 19.0. The van der Waals surface area contributed by atoms with Gasteiger partial charge in [0.25, 0.3) is 5.56 Å². The number of rotatable bonds is 5. The third-order valence-electron chi connectivity index (χ3n) is 5.77. The van der Waals surface area contributed by atoms with E-state index in [0.717, 1.165) is 28.2 Å². The lowest BCUT2D eigenvalue weighted by Gasteiger charge is -2.18. The molecule has 0 aliphatic rings. The number of anilines is 1. The Bertz CT molecular complexity index is 1370. The van der Waals surface area contributed by atoms with Gasteiger partial charge in [-0.25, -0.2) is 9.36 Å². The van der Waals surface area contributed by atoms with E-state index >= 15 is 0 Å². The van der Waals surface area contributed by atoms with E-state index in [1.54, 1.807) is 4.68 Å². The van der Waals surface area contributed by atoms with Crippen LogP contribution in [0.3, 0.4) is 0 Å². The summed E-state index contributed by atoms with van der Waals surface area (Å²) in [6, 6.07) is 14.8. The van der Waals surface area contributed by atoms with Gasteiger partial charge in [-0.2, -0.15) is 10.2 Å². The molecular formula is C25H27N5O2. The number of hydrogen-bond donors (Lipinski definition) is 1. The van der Waals surface area contributed by atoms with Gasteiger partial charge >= 0.3 is 0 Å². The van der Waals surface area contributed by atoms with Crippen LogP contribution in [0.1, 0.15) is 41.9 Å². The minimum atomic E-state index is -0.731. The Morgan fingerprint density at radius 1 is 1.03 bits per heavy atom. The van der Waals surface area contributed by atoms with E-state index in [9.17, 15) is 9.59 Å². The summed E-state index contributed by atoms with van der Waals surface area (Å²) in [7, 11) is 0. The van der Waals surface area contributed by atoms with Crippen LogP contribution in [-0.4, -0.2) is 25.5 Å². The van der Waals surface area contributed by atoms with Crippen LogP contribution in [0.5, 0.6) is 0 Å². The quantitative estimate of drug-likeness (QED) is 0.510. The molecule has 0 spiro atoms. The van der Waals surface area contributed by atoms with Gasteiger partial charge in [0.05, 0.1) is 22.5 Å². The maximum Gasteiger partial charge on any atom is 0.278 e. The molecule has 164 valence electrons. The Kier molecular flexibility index (Phi) is 5.65. The molecule has 2 aromatic carbocycles. The molecule has 0 radical (unpaired) electrons. The first-order chi connectivity index (χ1) is 15.3. The summed E-state index contributed by atoms with van der Waals surface area (Å²) < 4.78 is 3.06. The maximum atomic E-state index is 13.5. The first kappa shape index (κ1) is 21.5. The molecule has 0 bridgehead atoms. The van der Waals surface area contributed by atoms with Crippen molar-refractivity contribution >= 4 is 22.5 Å². The molecule has 7 heteroatoms. The number of fused-ring (bicyclic) bond motifs is 1. The van der Waals surface area contributed by atoms with Crippen molar-refractivity contribution in [2.45, 2.75) is 47.1 Å². The Hall–Kier alpha value is -3.74. The number of benzene rings is 2. The van der Waals surface area contributed by atoms with Gasteiger partial charge in [-0.15, -0.1) is 0 Å². The lowest BCUT2D eigenvalue weighted by atomic mass is 10.1. The van der Waals surface area contributed by atoms with Gasteiger partial charge in [0.15, 0.2) is 0 Å². The van der Waals surface area contributed by atoms with Crippen molar-refractivity contribution in [3.8, 4) is 5.69 Å². The molecule has 1 unspecified atom stereocenters. The highest BCUT2D eigenvalue weighted by Gasteiger charge is 2.25. The van der Waals surface area contributed by atoms with Crippen LogP contribution >= 0.6 is 0 Å². The number of aryl methyl sites for hydroxylation is 4. The molecule has 2 heterocycles. The number of para-hydroxylation sites is 1. The van der Waals surface area contributed by atoms with Gasteiger partial charge < -0.3 is 5.32 Å². The predicted octanol–water partition coefficient (Wildman–Crippen LogP) is 4.41. The molecule has 7 nitrogen and oxygen atoms in total. The number of amides is 1. The summed E-state index contributed by atoms with van der Waals surface area (Å²) >= 11 is 0. The minimum absolute atomic E-state index is 0.261. The lowest BCUT2D eigenvalue weighted by molar-refractivity contribution is -0.119. The third-order valence-corrected chi connectivity index (χ3v) is 5.77. The van der Waals surface area contributed by atoms with Gasteiger partial charge in [0.2, 0.25) is 5.91 Å². The van der Waals surface area contributed by atoms with Crippen LogP contribution in [0.4, 0.5) is 5.69 Å². The normalized spacial score (nSPS) is 12.2. The topological polar surface area (TPSA) is 81.8 Å². The van der Waals surface area contributed by atoms with E-state index in [1.807, 2.05) is 83.1 Å². The largest absolute Gasteiger partial charge is 0.324 e. The van der Waals surface area contributed by atoms with Crippen LogP contribution in [-0.2, 0) is 4.79 Å². The Morgan fingerprint density at radius 2 is 1.75 bits per heavy atom. The first-order valence-corrected chi connectivity index (χ1v) is 10.7. The van der Waals surface area contributed by atoms with Crippen LogP contribution in [0, 0.1) is 27.7 Å². The van der Waals surface area contributed by atoms with Gasteiger partial charge in [-0.3, -0.25) is 9.59 Å². The molecule has 4 rings (SSSR count). The molecule has 2 aromatic heterocycles. The van der Waals surface area contributed by atoms with Gasteiger partial charge in [-0.05, 0) is 63.4 Å². The molecular weight excluding hydrogens is 402 g/mol. The van der Waals surface area contributed by atoms with Crippen molar-refractivity contribution in [3.05, 3.63) is 81.4 Å². The average Bonchev–Trinajstić information content (AvgIpc) is 3.13. The van der Waals surface area contributed by atoms with Crippen LogP contribution in [0.25, 0.3) is 16.6 Å². The average molecular weight is 430 g/mol. The Morgan fingerprint density at radius 3 is 2.44 bits per heavy atom. The number of hydrogen-bond acceptors (Lipinski definition) is 4. The molecule has 0 fully saturated rings. The summed E-state index contributed by atoms with van der Waals surface area (Å²) in [5, 5.41) is 12.6. The van der Waals surface area contributed by atoms with Gasteiger partial charge in [-0.1, -0.05) is 37.3 Å². The summed E-state index contributed by atoms with van der Waals surface area (Å²) in [5.41, 5.74) is 5.20. The maximum absolute atomic E-state index is 13.5. The van der Waals surface area contributed by atoms with Crippen molar-refractivity contribution < 1.29 is 4.79 Å². The van der Waals surface area contributed by atoms with E-state index in [4.69, 9.17) is 0 Å². The zero-order chi connectivity index (χ0) is 23.0. The summed E-state index contributed by atoms with van der Waals surface area (Å²) in [5.74, 6) is -0.261. The molecule has 32 heavy (non-hydrogen) atoms. The molecule has 0 aliphatic heterocycles. The van der Waals surface area contributed by atoms with Crippen molar-refractivity contribution in [1.82, 2.24) is 19.6 Å². The molecule has 1 amide bonds. The summed E-state index contributed by atoms with van der Waals surface area (Å²) in [4.78, 5) is 26.7. The number of nitrogens with zero attached hydrogens (tertiary/aromatic N) is 4. The predicted molar refractivity (Wildman–Crippen MR) is 126 cm³/mol. The first-order valence-electron chi connectivity index (χ1n) is 10.7. The van der Waals surface area contributed by atoms with E-state index in [2.05, 4.69) is 15.5 Å². The van der Waals surface area contributed by atoms with E-state index < -0.39 is 6.04 Å². The van der Waals surface area contributed by atoms with E-state index in [0.29, 0.717) is 23.0 Å². The molecule has 0 saturated carbocycles. The van der Waals surface area contributed by atoms with Crippen LogP contribution in [0.15, 0.2) is 53.3 Å². The monoisotopic (exact) mass is 429 g/mol. The Labute approximate surface area is 186 Å². The number of carbonyl (C=O) groups excluding carboxylic acids is 1. The third kappa shape index (κ3) is 3.70. The number of aromatic nitrogens is 4. The lowest BCUT2D eigenvalue weighted by Crippen LogP contribution is -2.35. The molecule has 4 aromatic rings. The summed E-state index contributed by atoms with van der Waals surface area (Å²) in [6.45, 7) is 9.47. The second-order valence-corrected chi connectivity index (χ2v) is 8.12. The smallest absolute Gasteiger partial charge is 0.278 e. The fourth-order valence-corrected chi connectivity index (χ4v) is 3.97. The van der Waals surface area contributed by atoms with E-state index in [1.165, 1.54) is 4.68 Å². The summed E-state index contributed by atoms with van der Waals surface area (Å²) in [6.07, 6.45) is 0.431. The van der Waals surface area contributed by atoms with Gasteiger partial charge in [0.1, 0.15) is 11.6 Å². The van der Waals surface area contributed by atoms with Crippen molar-refractivity contribution in [3.63, 3.8) is 0 Å². The van der Waals surface area contributed by atoms with Crippen LogP contribution < -0.4 is 10.9 Å².